The molecule has 0 radical (unpaired) electrons. The van der Waals surface area contributed by atoms with Gasteiger partial charge in [0.15, 0.2) is 0 Å². The molecule has 2 heterocycles. The molecule has 5 heteroatoms. The number of carbonyl (C=O) groups is 2. The second kappa shape index (κ2) is 5.72. The van der Waals surface area contributed by atoms with Crippen molar-refractivity contribution in [1.82, 2.24) is 15.5 Å². The molecule has 2 amide bonds. The Bertz CT molecular complexity index is 391. The zero-order chi connectivity index (χ0) is 14.8. The molecule has 0 saturated carbocycles. The molecule has 2 unspecified atom stereocenters. The minimum atomic E-state index is -0.434. The fraction of sp³-hybridized carbons (Fsp3) is 0.867. The van der Waals surface area contributed by atoms with Crippen LogP contribution in [0.3, 0.4) is 0 Å². The summed E-state index contributed by atoms with van der Waals surface area (Å²) in [5.41, 5.74) is -0.806. The lowest BCUT2D eigenvalue weighted by Gasteiger charge is -2.33. The fourth-order valence-corrected chi connectivity index (χ4v) is 3.66. The number of hydrogen-bond donors (Lipinski definition) is 2. The largest absolute Gasteiger partial charge is 0.359 e. The number of amides is 2. The third-order valence-corrected chi connectivity index (χ3v) is 4.87. The first-order valence-electron chi connectivity index (χ1n) is 7.74. The van der Waals surface area contributed by atoms with Gasteiger partial charge in [-0.3, -0.25) is 9.59 Å². The average Bonchev–Trinajstić information content (AvgIpc) is 3.06. The van der Waals surface area contributed by atoms with Crippen LogP contribution in [0, 0.1) is 5.41 Å². The fourth-order valence-electron chi connectivity index (χ4n) is 3.66. The van der Waals surface area contributed by atoms with Crippen LogP contribution < -0.4 is 10.6 Å². The van der Waals surface area contributed by atoms with E-state index in [1.165, 1.54) is 0 Å². The highest BCUT2D eigenvalue weighted by Crippen LogP contribution is 2.34. The first-order chi connectivity index (χ1) is 9.47. The average molecular weight is 281 g/mol. The summed E-state index contributed by atoms with van der Waals surface area (Å²) < 4.78 is 0. The summed E-state index contributed by atoms with van der Waals surface area (Å²) >= 11 is 0. The molecule has 5 nitrogen and oxygen atoms in total. The van der Waals surface area contributed by atoms with Crippen molar-refractivity contribution in [3.05, 3.63) is 0 Å². The van der Waals surface area contributed by atoms with Gasteiger partial charge in [0.1, 0.15) is 0 Å². The van der Waals surface area contributed by atoms with Crippen molar-refractivity contribution in [2.45, 2.75) is 51.5 Å². The quantitative estimate of drug-likeness (QED) is 0.804. The van der Waals surface area contributed by atoms with Gasteiger partial charge in [0.05, 0.1) is 11.0 Å². The molecule has 0 bridgehead atoms. The van der Waals surface area contributed by atoms with Gasteiger partial charge in [0.2, 0.25) is 11.8 Å². The highest BCUT2D eigenvalue weighted by atomic mass is 16.2. The monoisotopic (exact) mass is 281 g/mol. The molecule has 0 aromatic heterocycles. The van der Waals surface area contributed by atoms with E-state index in [4.69, 9.17) is 0 Å². The minimum absolute atomic E-state index is 0.0386. The maximum Gasteiger partial charge on any atom is 0.242 e. The van der Waals surface area contributed by atoms with E-state index in [0.717, 1.165) is 38.6 Å². The minimum Gasteiger partial charge on any atom is -0.359 e. The van der Waals surface area contributed by atoms with Crippen molar-refractivity contribution in [3.8, 4) is 0 Å². The van der Waals surface area contributed by atoms with Gasteiger partial charge in [-0.15, -0.1) is 0 Å². The van der Waals surface area contributed by atoms with Gasteiger partial charge >= 0.3 is 0 Å². The maximum absolute atomic E-state index is 12.9. The standard InChI is InChI=1S/C15H27N3O2/c1-4-6-15(7-5-9-17-15)13(20)18-10-8-14(2,11-18)12(19)16-3/h17H,4-11H2,1-3H3,(H,16,19). The van der Waals surface area contributed by atoms with Crippen LogP contribution in [0.2, 0.25) is 0 Å². The summed E-state index contributed by atoms with van der Waals surface area (Å²) in [5, 5.41) is 6.15. The highest BCUT2D eigenvalue weighted by Gasteiger charge is 2.48. The number of carbonyl (C=O) groups excluding carboxylic acids is 2. The molecule has 2 aliphatic heterocycles. The summed E-state index contributed by atoms with van der Waals surface area (Å²) in [6.07, 6.45) is 4.62. The number of hydrogen-bond acceptors (Lipinski definition) is 3. The van der Waals surface area contributed by atoms with E-state index in [2.05, 4.69) is 17.6 Å². The Morgan fingerprint density at radius 3 is 2.65 bits per heavy atom. The first-order valence-corrected chi connectivity index (χ1v) is 7.74. The lowest BCUT2D eigenvalue weighted by atomic mass is 9.88. The van der Waals surface area contributed by atoms with Crippen LogP contribution in [0.15, 0.2) is 0 Å². The lowest BCUT2D eigenvalue weighted by Crippen LogP contribution is -2.55. The number of rotatable bonds is 4. The normalized spacial score (nSPS) is 33.5. The second-order valence-corrected chi connectivity index (χ2v) is 6.48. The summed E-state index contributed by atoms with van der Waals surface area (Å²) in [5.74, 6) is 0.237. The third kappa shape index (κ3) is 2.55. The molecule has 2 rings (SSSR count). The highest BCUT2D eigenvalue weighted by molar-refractivity contribution is 5.89. The predicted molar refractivity (Wildman–Crippen MR) is 78.2 cm³/mol. The third-order valence-electron chi connectivity index (χ3n) is 4.87. The smallest absolute Gasteiger partial charge is 0.242 e. The van der Waals surface area contributed by atoms with E-state index in [1.54, 1.807) is 7.05 Å². The van der Waals surface area contributed by atoms with Gasteiger partial charge < -0.3 is 15.5 Å². The summed E-state index contributed by atoms with van der Waals surface area (Å²) in [4.78, 5) is 26.7. The Labute approximate surface area is 121 Å². The number of nitrogens with zero attached hydrogens (tertiary/aromatic N) is 1. The Morgan fingerprint density at radius 2 is 2.10 bits per heavy atom. The zero-order valence-corrected chi connectivity index (χ0v) is 12.9. The topological polar surface area (TPSA) is 61.4 Å². The van der Waals surface area contributed by atoms with Crippen LogP contribution in [0.5, 0.6) is 0 Å². The molecule has 0 aromatic rings. The van der Waals surface area contributed by atoms with Gasteiger partial charge in [-0.05, 0) is 39.2 Å². The van der Waals surface area contributed by atoms with Crippen LogP contribution >= 0.6 is 0 Å². The number of likely N-dealkylation sites (tertiary alicyclic amines) is 1. The van der Waals surface area contributed by atoms with Crippen LogP contribution in [-0.2, 0) is 9.59 Å². The Morgan fingerprint density at radius 1 is 1.35 bits per heavy atom. The molecule has 2 atom stereocenters. The van der Waals surface area contributed by atoms with Gasteiger partial charge in [-0.2, -0.15) is 0 Å². The van der Waals surface area contributed by atoms with E-state index < -0.39 is 5.41 Å². The molecule has 2 N–H and O–H groups in total. The van der Waals surface area contributed by atoms with Crippen LogP contribution in [0.4, 0.5) is 0 Å². The molecule has 0 spiro atoms. The summed E-state index contributed by atoms with van der Waals surface area (Å²) in [6, 6.07) is 0. The molecule has 2 fully saturated rings. The van der Waals surface area contributed by atoms with Crippen LogP contribution in [-0.4, -0.2) is 48.9 Å². The Balaban J connectivity index is 2.09. The molecule has 0 aromatic carbocycles. The van der Waals surface area contributed by atoms with E-state index in [-0.39, 0.29) is 17.4 Å². The Kier molecular flexibility index (Phi) is 4.37. The van der Waals surface area contributed by atoms with Gasteiger partial charge in [-0.25, -0.2) is 0 Å². The maximum atomic E-state index is 12.9. The van der Waals surface area contributed by atoms with Crippen molar-refractivity contribution in [2.24, 2.45) is 5.41 Å². The van der Waals surface area contributed by atoms with E-state index in [0.29, 0.717) is 13.1 Å². The van der Waals surface area contributed by atoms with Crippen LogP contribution in [0.1, 0.15) is 46.0 Å². The summed E-state index contributed by atoms with van der Waals surface area (Å²) in [6.45, 7) is 6.22. The van der Waals surface area contributed by atoms with E-state index >= 15 is 0 Å². The lowest BCUT2D eigenvalue weighted by molar-refractivity contribution is -0.138. The molecule has 2 saturated heterocycles. The predicted octanol–water partition coefficient (Wildman–Crippen LogP) is 0.893. The van der Waals surface area contributed by atoms with Gasteiger partial charge in [0, 0.05) is 20.1 Å². The first kappa shape index (κ1) is 15.3. The van der Waals surface area contributed by atoms with Crippen molar-refractivity contribution < 1.29 is 9.59 Å². The SMILES string of the molecule is CCCC1(C(=O)N2CCC(C)(C(=O)NC)C2)CCCN1. The van der Waals surface area contributed by atoms with Gasteiger partial charge in [0.25, 0.3) is 0 Å². The van der Waals surface area contributed by atoms with Crippen molar-refractivity contribution in [3.63, 3.8) is 0 Å². The molecule has 0 aliphatic carbocycles. The van der Waals surface area contributed by atoms with E-state index in [9.17, 15) is 9.59 Å². The van der Waals surface area contributed by atoms with E-state index in [1.807, 2.05) is 11.8 Å². The zero-order valence-electron chi connectivity index (χ0n) is 12.9. The van der Waals surface area contributed by atoms with Crippen molar-refractivity contribution in [2.75, 3.05) is 26.7 Å². The molecular weight excluding hydrogens is 254 g/mol. The summed E-state index contributed by atoms with van der Waals surface area (Å²) in [7, 11) is 1.66. The van der Waals surface area contributed by atoms with Crippen molar-refractivity contribution >= 4 is 11.8 Å². The molecular formula is C15H27N3O2. The van der Waals surface area contributed by atoms with Gasteiger partial charge in [-0.1, -0.05) is 13.3 Å². The number of nitrogens with one attached hydrogen (secondary N) is 2. The molecule has 20 heavy (non-hydrogen) atoms. The second-order valence-electron chi connectivity index (χ2n) is 6.48. The van der Waals surface area contributed by atoms with Crippen LogP contribution in [0.25, 0.3) is 0 Å². The molecule has 2 aliphatic rings. The Hall–Kier alpha value is -1.10. The van der Waals surface area contributed by atoms with Crippen molar-refractivity contribution in [1.29, 1.82) is 0 Å². The molecule has 114 valence electrons.